The third kappa shape index (κ3) is 2.49. The van der Waals surface area contributed by atoms with Crippen LogP contribution in [0.2, 0.25) is 0 Å². The minimum absolute atomic E-state index is 0.225. The number of hydrazone groups is 1. The molecule has 0 bridgehead atoms. The van der Waals surface area contributed by atoms with Gasteiger partial charge in [0.25, 0.3) is 0 Å². The summed E-state index contributed by atoms with van der Waals surface area (Å²) >= 11 is 1.09. The average Bonchev–Trinajstić information content (AvgIpc) is 2.54. The number of allylic oxidation sites excluding steroid dienone is 1. The molecule has 0 aromatic rings. The fraction of sp³-hybridized carbons (Fsp3) is 0.286. The second kappa shape index (κ2) is 4.52. The van der Waals surface area contributed by atoms with Gasteiger partial charge in [-0.25, -0.2) is 4.79 Å². The van der Waals surface area contributed by atoms with Gasteiger partial charge in [0, 0.05) is 6.08 Å². The molecule has 1 aliphatic rings. The van der Waals surface area contributed by atoms with E-state index in [4.69, 9.17) is 10.00 Å². The summed E-state index contributed by atoms with van der Waals surface area (Å²) in [7, 11) is 0. The lowest BCUT2D eigenvalue weighted by Crippen LogP contribution is -2.12. The molecule has 1 aliphatic heterocycles. The molecule has 6 heteroatoms. The van der Waals surface area contributed by atoms with Crippen molar-refractivity contribution in [1.82, 2.24) is 5.43 Å². The van der Waals surface area contributed by atoms with E-state index in [1.54, 1.807) is 6.92 Å². The minimum atomic E-state index is -0.471. The molecule has 1 heterocycles. The van der Waals surface area contributed by atoms with Crippen molar-refractivity contribution in [2.24, 2.45) is 5.10 Å². The van der Waals surface area contributed by atoms with Crippen molar-refractivity contribution in [3.63, 3.8) is 0 Å². The van der Waals surface area contributed by atoms with Crippen molar-refractivity contribution >= 4 is 22.8 Å². The molecule has 0 saturated carbocycles. The van der Waals surface area contributed by atoms with E-state index in [1.807, 2.05) is 6.07 Å². The van der Waals surface area contributed by atoms with Gasteiger partial charge in [-0.05, 0) is 18.7 Å². The minimum Gasteiger partial charge on any atom is -0.461 e. The zero-order chi connectivity index (χ0) is 9.68. The number of nitriles is 1. The fourth-order valence-electron chi connectivity index (χ4n) is 0.656. The maximum atomic E-state index is 11.1. The zero-order valence-electron chi connectivity index (χ0n) is 6.90. The van der Waals surface area contributed by atoms with Crippen molar-refractivity contribution in [3.05, 3.63) is 11.1 Å². The molecule has 1 rings (SSSR count). The SMILES string of the molecule is CCOC(=O)C1=NNC(=CC#N)S1. The van der Waals surface area contributed by atoms with Gasteiger partial charge in [0.2, 0.25) is 5.04 Å². The molecule has 0 amide bonds. The van der Waals surface area contributed by atoms with Crippen LogP contribution >= 0.6 is 11.8 Å². The lowest BCUT2D eigenvalue weighted by Gasteiger charge is -1.96. The number of carbonyl (C=O) groups is 1. The predicted molar refractivity (Wildman–Crippen MR) is 48.5 cm³/mol. The maximum Gasteiger partial charge on any atom is 0.365 e. The van der Waals surface area contributed by atoms with Crippen LogP contribution in [0.1, 0.15) is 6.92 Å². The number of esters is 1. The Kier molecular flexibility index (Phi) is 3.34. The molecule has 68 valence electrons. The van der Waals surface area contributed by atoms with Crippen molar-refractivity contribution in [3.8, 4) is 6.07 Å². The van der Waals surface area contributed by atoms with Crippen LogP contribution < -0.4 is 5.43 Å². The first-order valence-corrected chi connectivity index (χ1v) is 4.38. The number of rotatable bonds is 2. The Hall–Kier alpha value is -1.48. The van der Waals surface area contributed by atoms with E-state index in [9.17, 15) is 4.79 Å². The quantitative estimate of drug-likeness (QED) is 0.517. The number of hydrogen-bond donors (Lipinski definition) is 1. The average molecular weight is 197 g/mol. The first-order valence-electron chi connectivity index (χ1n) is 3.56. The number of hydrogen-bond acceptors (Lipinski definition) is 6. The summed E-state index contributed by atoms with van der Waals surface area (Å²) in [6, 6.07) is 1.83. The van der Waals surface area contributed by atoms with Crippen LogP contribution in [-0.2, 0) is 9.53 Å². The Balaban J connectivity index is 2.54. The fourth-order valence-corrected chi connectivity index (χ4v) is 1.30. The second-order valence-corrected chi connectivity index (χ2v) is 3.02. The second-order valence-electron chi connectivity index (χ2n) is 1.99. The van der Waals surface area contributed by atoms with Crippen LogP contribution in [0.25, 0.3) is 0 Å². The number of ether oxygens (including phenoxy) is 1. The zero-order valence-corrected chi connectivity index (χ0v) is 7.72. The Labute approximate surface area is 79.4 Å². The third-order valence-electron chi connectivity index (χ3n) is 1.12. The first kappa shape index (κ1) is 9.61. The van der Waals surface area contributed by atoms with Gasteiger partial charge in [-0.1, -0.05) is 0 Å². The van der Waals surface area contributed by atoms with E-state index in [2.05, 4.69) is 10.5 Å². The van der Waals surface area contributed by atoms with E-state index in [0.29, 0.717) is 11.6 Å². The van der Waals surface area contributed by atoms with E-state index < -0.39 is 5.97 Å². The van der Waals surface area contributed by atoms with Crippen LogP contribution in [0.3, 0.4) is 0 Å². The molecule has 5 nitrogen and oxygen atoms in total. The smallest absolute Gasteiger partial charge is 0.365 e. The van der Waals surface area contributed by atoms with Gasteiger partial charge in [-0.2, -0.15) is 10.4 Å². The van der Waals surface area contributed by atoms with E-state index in [-0.39, 0.29) is 5.04 Å². The molecule has 0 saturated heterocycles. The summed E-state index contributed by atoms with van der Waals surface area (Å²) in [4.78, 5) is 11.1. The number of thioether (sulfide) groups is 1. The highest BCUT2D eigenvalue weighted by molar-refractivity contribution is 8.19. The van der Waals surface area contributed by atoms with Gasteiger partial charge in [0.1, 0.15) is 5.03 Å². The van der Waals surface area contributed by atoms with Crippen molar-refractivity contribution < 1.29 is 9.53 Å². The summed E-state index contributed by atoms with van der Waals surface area (Å²) in [5, 5.41) is 12.8. The highest BCUT2D eigenvalue weighted by Gasteiger charge is 2.20. The third-order valence-corrected chi connectivity index (χ3v) is 2.00. The molecule has 0 spiro atoms. The highest BCUT2D eigenvalue weighted by atomic mass is 32.2. The Bertz CT molecular complexity index is 316. The van der Waals surface area contributed by atoms with Gasteiger partial charge in [-0.3, -0.25) is 5.43 Å². The lowest BCUT2D eigenvalue weighted by atomic mass is 10.7. The molecule has 0 fully saturated rings. The molecule has 13 heavy (non-hydrogen) atoms. The van der Waals surface area contributed by atoms with Crippen LogP contribution in [0.5, 0.6) is 0 Å². The van der Waals surface area contributed by atoms with Gasteiger partial charge in [-0.15, -0.1) is 0 Å². The molecule has 1 N–H and O–H groups in total. The van der Waals surface area contributed by atoms with Crippen LogP contribution in [0.4, 0.5) is 0 Å². The monoisotopic (exact) mass is 197 g/mol. The lowest BCUT2D eigenvalue weighted by molar-refractivity contribution is -0.134. The normalized spacial score (nSPS) is 17.5. The van der Waals surface area contributed by atoms with Crippen molar-refractivity contribution in [2.75, 3.05) is 6.61 Å². The van der Waals surface area contributed by atoms with Crippen LogP contribution in [0, 0.1) is 11.3 Å². The molecule has 0 aromatic carbocycles. The number of nitrogens with zero attached hydrogens (tertiary/aromatic N) is 2. The number of nitrogens with one attached hydrogen (secondary N) is 1. The van der Waals surface area contributed by atoms with E-state index >= 15 is 0 Å². The summed E-state index contributed by atoms with van der Waals surface area (Å²) in [6.45, 7) is 2.03. The maximum absolute atomic E-state index is 11.1. The standard InChI is InChI=1S/C7H7N3O2S/c1-2-12-7(11)6-10-9-5(13-6)3-4-8/h3,9H,2H2,1H3. The Morgan fingerprint density at radius 2 is 2.69 bits per heavy atom. The molecule has 0 unspecified atom stereocenters. The predicted octanol–water partition coefficient (Wildman–Crippen LogP) is 0.564. The molecular formula is C7H7N3O2S. The topological polar surface area (TPSA) is 74.5 Å². The Morgan fingerprint density at radius 1 is 1.92 bits per heavy atom. The summed E-state index contributed by atoms with van der Waals surface area (Å²) in [6.07, 6.45) is 1.28. The van der Waals surface area contributed by atoms with Crippen molar-refractivity contribution in [1.29, 1.82) is 5.26 Å². The number of carbonyl (C=O) groups excluding carboxylic acids is 1. The van der Waals surface area contributed by atoms with Gasteiger partial charge < -0.3 is 4.74 Å². The summed E-state index contributed by atoms with van der Waals surface area (Å²) in [5.41, 5.74) is 2.54. The van der Waals surface area contributed by atoms with Crippen molar-refractivity contribution in [2.45, 2.75) is 6.92 Å². The molecule has 0 radical (unpaired) electrons. The van der Waals surface area contributed by atoms with Gasteiger partial charge >= 0.3 is 5.97 Å². The van der Waals surface area contributed by atoms with Crippen LogP contribution in [-0.4, -0.2) is 17.6 Å². The molecule has 0 aromatic heterocycles. The molecule has 0 atom stereocenters. The van der Waals surface area contributed by atoms with Crippen LogP contribution in [0.15, 0.2) is 16.2 Å². The largest absolute Gasteiger partial charge is 0.461 e. The summed E-state index contributed by atoms with van der Waals surface area (Å²) in [5.74, 6) is -0.471. The van der Waals surface area contributed by atoms with E-state index in [0.717, 1.165) is 11.8 Å². The molecular weight excluding hydrogens is 190 g/mol. The van der Waals surface area contributed by atoms with Gasteiger partial charge in [0.15, 0.2) is 0 Å². The van der Waals surface area contributed by atoms with Gasteiger partial charge in [0.05, 0.1) is 12.7 Å². The Morgan fingerprint density at radius 3 is 3.31 bits per heavy atom. The first-order chi connectivity index (χ1) is 6.27. The highest BCUT2D eigenvalue weighted by Crippen LogP contribution is 2.20. The molecule has 0 aliphatic carbocycles. The summed E-state index contributed by atoms with van der Waals surface area (Å²) < 4.78 is 4.71. The van der Waals surface area contributed by atoms with E-state index in [1.165, 1.54) is 6.08 Å².